The second-order valence-corrected chi connectivity index (χ2v) is 38.2. The lowest BCUT2D eigenvalue weighted by molar-refractivity contribution is -0.0421. The maximum Gasteiger partial charge on any atom is 0.348 e. The summed E-state index contributed by atoms with van der Waals surface area (Å²) < 4.78 is 132. The lowest BCUT2D eigenvalue weighted by Crippen LogP contribution is -2.36. The molecule has 21 N–H and O–H groups in total. The number of ether oxygens (including phenoxy) is 11. The van der Waals surface area contributed by atoms with Crippen molar-refractivity contribution in [1.82, 2.24) is 0 Å². The van der Waals surface area contributed by atoms with Crippen LogP contribution in [0.2, 0.25) is 0 Å². The summed E-state index contributed by atoms with van der Waals surface area (Å²) in [6, 6.07) is -4.23. The van der Waals surface area contributed by atoms with E-state index in [1.165, 1.54) is 18.2 Å². The minimum Gasteiger partial charge on any atom is -0.390 e. The van der Waals surface area contributed by atoms with Gasteiger partial charge in [0.2, 0.25) is 0 Å². The van der Waals surface area contributed by atoms with E-state index < -0.39 is 193 Å². The van der Waals surface area contributed by atoms with E-state index >= 15 is 0 Å². The molecule has 52 heteroatoms. The molecule has 0 spiro atoms. The van der Waals surface area contributed by atoms with Gasteiger partial charge in [-0.1, -0.05) is 80.1 Å². The Balaban J connectivity index is 0.000000685. The van der Waals surface area contributed by atoms with Gasteiger partial charge in [-0.05, 0) is 81.6 Å². The van der Waals surface area contributed by atoms with Crippen molar-refractivity contribution in [2.24, 2.45) is 17.8 Å². The fourth-order valence-corrected chi connectivity index (χ4v) is 14.2. The lowest BCUT2D eigenvalue weighted by atomic mass is 9.81. The molecule has 7 aliphatic heterocycles. The average molecular weight is 1800 g/mol. The first-order valence-corrected chi connectivity index (χ1v) is 49.2. The molecule has 7 unspecified atom stereocenters. The fourth-order valence-electron chi connectivity index (χ4n) is 11.5. The monoisotopic (exact) mass is 1800 g/mol. The van der Waals surface area contributed by atoms with Crippen LogP contribution >= 0.6 is 53.2 Å². The third-order valence-corrected chi connectivity index (χ3v) is 21.5. The minimum absolute atomic E-state index is 0.0681. The standard InChI is InChI=1S/C11H20BO7P.C11H20BO5P.C10H18BO6P.C10H18BO5P.C9H16BO6P.C7H12BO5P.C7H13O5P/c1-2-4-17-5-6-18-10-9(13)8(19-11(10)12)3-7-20(14,15)16;1-2-3-4-5-8-10(13)9(17-11(8)12)6-7-18(14,15)16;1-2-3-5-16-9-8(12)7(17-10(9)11)4-6-18(13,14)15;1-2-3-4-7-9(12)8(16-10(7)11)5-6-17(13,14)15;1-2-4-15-8-7(11)6(16-9(8)10)3-5-17(12,13)14;1-4-6(9)5(13-7(4)8)2-3-14(10,11)12;1-5-4-6(8)7(12-5)2-3-13(9,10)11/h3,7-11,13H,2,4-6H2,1H3,(H2,14,15,16);6-11,13H,2-5H2,1H3,(H2,14,15,16);4,6-10,12H,2-3,5H2,1H3,(H2,13,14,15);5-10,12H,2-4H2,1H3,(H2,13,14,15);3,5-9,11H,2,4H2,1H3,(H2,12,13,14);2-7,9H,1H3,(H2,10,11,12);2-3,5-8H,4H2,1H3,(H2,9,10,11)/b7-3+;7-6+;6-4+;6-5+;5-3+;2*3-2+/t8-,9?,10+,11-;8-,9+,10?,11+;7-,8?,9+,10-;7-,8+,9?,10+;6-,7?,8+,9-;4-,5+,6?,7+;5-,6?,7+/m1010100/s1. The van der Waals surface area contributed by atoms with Crippen LogP contribution < -0.4 is 0 Å². The highest BCUT2D eigenvalue weighted by molar-refractivity contribution is 7.56. The van der Waals surface area contributed by atoms with E-state index in [9.17, 15) is 67.7 Å². The van der Waals surface area contributed by atoms with E-state index in [2.05, 4.69) is 6.92 Å². The highest BCUT2D eigenvalue weighted by Gasteiger charge is 2.45. The van der Waals surface area contributed by atoms with Crippen LogP contribution in [0.1, 0.15) is 126 Å². The highest BCUT2D eigenvalue weighted by Crippen LogP contribution is 2.44. The Hall–Kier alpha value is -1.10. The molecule has 0 saturated carbocycles. The van der Waals surface area contributed by atoms with Gasteiger partial charge < -0.3 is 156 Å². The Kier molecular flexibility index (Phi) is 54.0. The molecule has 7 rings (SSSR count). The molecule has 664 valence electrons. The second kappa shape index (κ2) is 55.5. The Labute approximate surface area is 690 Å². The summed E-state index contributed by atoms with van der Waals surface area (Å²) in [4.78, 5) is 121. The summed E-state index contributed by atoms with van der Waals surface area (Å²) in [5.74, 6) is 4.44. The molecule has 117 heavy (non-hydrogen) atoms. The number of aliphatic hydroxyl groups excluding tert-OH is 7. The van der Waals surface area contributed by atoms with Gasteiger partial charge in [-0.2, -0.15) is 0 Å². The van der Waals surface area contributed by atoms with Crippen molar-refractivity contribution in [2.45, 2.75) is 271 Å². The molecule has 0 amide bonds. The Morgan fingerprint density at radius 1 is 0.308 bits per heavy atom. The molecular weight excluding hydrogens is 1690 g/mol. The molecule has 7 fully saturated rings. The molecule has 7 aliphatic rings. The maximum absolute atomic E-state index is 10.7. The molecule has 7 heterocycles. The van der Waals surface area contributed by atoms with Gasteiger partial charge in [-0.15, -0.1) is 0 Å². The van der Waals surface area contributed by atoms with E-state index in [-0.39, 0.29) is 30.5 Å². The zero-order chi connectivity index (χ0) is 89.8. The first kappa shape index (κ1) is 114. The second-order valence-electron chi connectivity index (χ2n) is 27.9. The maximum atomic E-state index is 10.7. The van der Waals surface area contributed by atoms with Crippen LogP contribution in [0.4, 0.5) is 0 Å². The molecule has 27 atom stereocenters. The van der Waals surface area contributed by atoms with Crippen molar-refractivity contribution in [1.29, 1.82) is 0 Å². The summed E-state index contributed by atoms with van der Waals surface area (Å²) >= 11 is 0. The van der Waals surface area contributed by atoms with Gasteiger partial charge in [0.15, 0.2) is 0 Å². The Morgan fingerprint density at radius 2 is 0.590 bits per heavy atom. The van der Waals surface area contributed by atoms with Crippen molar-refractivity contribution in [3.8, 4) is 0 Å². The van der Waals surface area contributed by atoms with E-state index in [0.29, 0.717) is 56.1 Å². The van der Waals surface area contributed by atoms with E-state index in [0.717, 1.165) is 112 Å². The number of rotatable bonds is 34. The van der Waals surface area contributed by atoms with Crippen molar-refractivity contribution < 1.29 is 188 Å². The van der Waals surface area contributed by atoms with Crippen molar-refractivity contribution in [3.05, 3.63) is 83.3 Å². The Morgan fingerprint density at radius 3 is 0.880 bits per heavy atom. The van der Waals surface area contributed by atoms with Crippen LogP contribution in [0.15, 0.2) is 83.3 Å². The van der Waals surface area contributed by atoms with Crippen molar-refractivity contribution >= 4 is 100 Å². The van der Waals surface area contributed by atoms with E-state index in [4.69, 9.17) is 168 Å². The first-order chi connectivity index (χ1) is 53.9. The van der Waals surface area contributed by atoms with Gasteiger partial charge >= 0.3 is 53.2 Å². The van der Waals surface area contributed by atoms with Gasteiger partial charge in [0.1, 0.15) is 126 Å². The third-order valence-electron chi connectivity index (χ3n) is 17.5. The minimum atomic E-state index is -4.29. The number of hydrogen-bond donors (Lipinski definition) is 21. The summed E-state index contributed by atoms with van der Waals surface area (Å²) in [5.41, 5.74) is 0. The molecule has 7 saturated heterocycles. The zero-order valence-electron chi connectivity index (χ0n) is 66.0. The normalized spacial score (nSPS) is 34.3. The molecule has 0 aromatic rings. The Bertz CT molecular complexity index is 3250. The van der Waals surface area contributed by atoms with Gasteiger partial charge in [0, 0.05) is 121 Å². The topological polar surface area (TPSA) is 646 Å². The van der Waals surface area contributed by atoms with E-state index in [1.54, 1.807) is 13.8 Å². The first-order valence-electron chi connectivity index (χ1n) is 37.5. The van der Waals surface area contributed by atoms with E-state index in [1.807, 2.05) is 27.7 Å². The molecule has 0 aromatic heterocycles. The van der Waals surface area contributed by atoms with Crippen LogP contribution in [0.25, 0.3) is 0 Å². The molecule has 12 radical (unpaired) electrons. The number of aliphatic hydroxyl groups is 7. The fraction of sp³-hybridized carbons (Fsp3) is 0.785. The lowest BCUT2D eigenvalue weighted by Gasteiger charge is -2.18. The summed E-state index contributed by atoms with van der Waals surface area (Å²) in [6.45, 7) is 15.7. The highest BCUT2D eigenvalue weighted by atomic mass is 31.2. The molecule has 0 aromatic carbocycles. The average Bonchev–Trinajstić information content (AvgIpc) is 1.73. The van der Waals surface area contributed by atoms with Gasteiger partial charge in [0.05, 0.1) is 43.7 Å². The van der Waals surface area contributed by atoms with Crippen LogP contribution in [0.5, 0.6) is 0 Å². The van der Waals surface area contributed by atoms with Gasteiger partial charge in [-0.3, -0.25) is 32.0 Å². The molecule has 0 bridgehead atoms. The number of unbranched alkanes of at least 4 members (excludes halogenated alkanes) is 4. The van der Waals surface area contributed by atoms with Gasteiger partial charge in [0.25, 0.3) is 0 Å². The van der Waals surface area contributed by atoms with Crippen LogP contribution in [0.3, 0.4) is 0 Å². The van der Waals surface area contributed by atoms with Crippen LogP contribution in [-0.2, 0) is 84.1 Å². The quantitative estimate of drug-likeness (QED) is 0.0245. The largest absolute Gasteiger partial charge is 0.390 e. The zero-order valence-corrected chi connectivity index (χ0v) is 72.3. The number of hydrogen-bond acceptors (Lipinski definition) is 25. The van der Waals surface area contributed by atoms with Crippen LogP contribution in [-0.4, -0.2) is 330 Å². The summed E-state index contributed by atoms with van der Waals surface area (Å²) in [5, 5.41) is 68.4. The van der Waals surface area contributed by atoms with Crippen molar-refractivity contribution in [3.63, 3.8) is 0 Å². The predicted octanol–water partition coefficient (Wildman–Crippen LogP) is 1.24. The van der Waals surface area contributed by atoms with Crippen molar-refractivity contribution in [2.75, 3.05) is 33.0 Å². The van der Waals surface area contributed by atoms with Gasteiger partial charge in [-0.25, -0.2) is 0 Å². The molecule has 39 nitrogen and oxygen atoms in total. The predicted molar refractivity (Wildman–Crippen MR) is 431 cm³/mol. The smallest absolute Gasteiger partial charge is 0.348 e. The SMILES string of the molecule is C[C@H]1CC(O)[C@@H](/C=C/P(=O)(O)O)O1.[B][C@@H]1O[C@H](/C=C/P(=O)(O)O)C(O)[C@@H]1C.[B][C@@H]1O[C@H](/C=C/P(=O)(O)O)C(O)[C@@H]1CCCC.[B][C@@H]1O[C@H](/C=C/P(=O)(O)O)C(O)[C@@H]1CCCCC.[B][C@@H]1O[C@H](/C=C/P(=O)(O)O)C(O)[C@@H]1OCCC.[B][C@@H]1O[C@H](/C=C/P(=O)(O)O)C(O)[C@@H]1OCCCC.[B][C@@H]1O[C@H](/C=C/P(=O)(O)O)C(O)[C@@H]1OCCOCCC. The molecular formula is C65H117B6O39P7. The van der Waals surface area contributed by atoms with Crippen LogP contribution in [0, 0.1) is 17.8 Å². The summed E-state index contributed by atoms with van der Waals surface area (Å²) in [7, 11) is 4.32. The molecule has 0 aliphatic carbocycles. The summed E-state index contributed by atoms with van der Waals surface area (Å²) in [6.07, 6.45) is 4.76. The third kappa shape index (κ3) is 48.4.